The molecule has 1 heterocycles. The third kappa shape index (κ3) is 3.96. The fraction of sp³-hybridized carbons (Fsp3) is 0.571. The number of aliphatic hydroxyl groups is 3. The highest BCUT2D eigenvalue weighted by Gasteiger charge is 2.68. The van der Waals surface area contributed by atoms with Gasteiger partial charge in [0.1, 0.15) is 5.41 Å². The third-order valence-corrected chi connectivity index (χ3v) is 8.52. The van der Waals surface area contributed by atoms with E-state index in [9.17, 15) is 24.9 Å². The van der Waals surface area contributed by atoms with Crippen LogP contribution in [0.5, 0.6) is 0 Å². The van der Waals surface area contributed by atoms with E-state index in [1.54, 1.807) is 13.0 Å². The van der Waals surface area contributed by atoms with Gasteiger partial charge in [-0.25, -0.2) is 0 Å². The van der Waals surface area contributed by atoms with Crippen LogP contribution in [0.1, 0.15) is 45.6 Å². The van der Waals surface area contributed by atoms with Crippen LogP contribution in [0.2, 0.25) is 0 Å². The maximum Gasteiger partial charge on any atom is 0.235 e. The first kappa shape index (κ1) is 24.8. The number of Topliss-reactive ketones (excluding diaryl/α,β-unsaturated/α-hetero) is 1. The van der Waals surface area contributed by atoms with E-state index in [4.69, 9.17) is 0 Å². The number of aliphatic hydroxyl groups excluding tert-OH is 2. The number of nitrogens with one attached hydrogen (secondary N) is 1. The van der Waals surface area contributed by atoms with E-state index in [1.807, 2.05) is 50.3 Å². The Balaban J connectivity index is 1.84. The number of hydrogen-bond donors (Lipinski definition) is 4. The highest BCUT2D eigenvalue weighted by atomic mass is 16.3. The number of ketones is 1. The first-order valence-electron chi connectivity index (χ1n) is 12.3. The van der Waals surface area contributed by atoms with E-state index >= 15 is 0 Å². The predicted octanol–water partition coefficient (Wildman–Crippen LogP) is 2.57. The molecule has 184 valence electrons. The van der Waals surface area contributed by atoms with Crippen LogP contribution in [-0.2, 0) is 16.0 Å². The lowest BCUT2D eigenvalue weighted by atomic mass is 9.51. The summed E-state index contributed by atoms with van der Waals surface area (Å²) in [4.78, 5) is 27.9. The summed E-state index contributed by atoms with van der Waals surface area (Å²) in [5, 5.41) is 36.2. The molecule has 34 heavy (non-hydrogen) atoms. The molecule has 3 aliphatic rings. The molecular weight excluding hydrogens is 430 g/mol. The molecule has 1 aromatic rings. The number of rotatable bonds is 2. The first-order chi connectivity index (χ1) is 16.0. The van der Waals surface area contributed by atoms with Crippen LogP contribution in [0.4, 0.5) is 0 Å². The molecule has 6 heteroatoms. The van der Waals surface area contributed by atoms with Crippen molar-refractivity contribution in [2.45, 2.75) is 70.3 Å². The minimum Gasteiger partial charge on any atom is -0.390 e. The summed E-state index contributed by atoms with van der Waals surface area (Å²) in [6, 6.07) is 9.48. The monoisotopic (exact) mass is 467 g/mol. The molecule has 1 aromatic carbocycles. The van der Waals surface area contributed by atoms with Crippen LogP contribution in [-0.4, -0.2) is 50.9 Å². The van der Waals surface area contributed by atoms with E-state index < -0.39 is 46.8 Å². The summed E-state index contributed by atoms with van der Waals surface area (Å²) >= 11 is 0. The quantitative estimate of drug-likeness (QED) is 0.395. The van der Waals surface area contributed by atoms with Crippen LogP contribution < -0.4 is 5.32 Å². The number of carbonyl (C=O) groups is 2. The zero-order valence-electron chi connectivity index (χ0n) is 20.3. The topological polar surface area (TPSA) is 107 Å². The lowest BCUT2D eigenvalue weighted by Crippen LogP contribution is -2.59. The zero-order chi connectivity index (χ0) is 24.8. The van der Waals surface area contributed by atoms with Crippen molar-refractivity contribution in [3.8, 4) is 0 Å². The molecule has 1 spiro atoms. The van der Waals surface area contributed by atoms with Crippen molar-refractivity contribution in [3.63, 3.8) is 0 Å². The Morgan fingerprint density at radius 2 is 1.82 bits per heavy atom. The van der Waals surface area contributed by atoms with Gasteiger partial charge < -0.3 is 20.6 Å². The predicted molar refractivity (Wildman–Crippen MR) is 130 cm³/mol. The van der Waals surface area contributed by atoms with Gasteiger partial charge in [-0.1, -0.05) is 62.9 Å². The van der Waals surface area contributed by atoms with Crippen LogP contribution in [0, 0.1) is 29.1 Å². The van der Waals surface area contributed by atoms with Crippen molar-refractivity contribution < 1.29 is 24.9 Å². The van der Waals surface area contributed by atoms with Gasteiger partial charge in [0.15, 0.2) is 5.78 Å². The van der Waals surface area contributed by atoms with Crippen LogP contribution in [0.15, 0.2) is 54.6 Å². The molecular formula is C28H37NO5. The molecule has 6 nitrogen and oxygen atoms in total. The molecule has 1 amide bonds. The molecule has 9 atom stereocenters. The van der Waals surface area contributed by atoms with E-state index in [-0.39, 0.29) is 24.3 Å². The maximum absolute atomic E-state index is 14.1. The maximum atomic E-state index is 14.1. The third-order valence-electron chi connectivity index (χ3n) is 8.52. The molecule has 2 fully saturated rings. The Labute approximate surface area is 201 Å². The van der Waals surface area contributed by atoms with Gasteiger partial charge in [-0.15, -0.1) is 0 Å². The summed E-state index contributed by atoms with van der Waals surface area (Å²) in [6.07, 6.45) is 2.46. The largest absolute Gasteiger partial charge is 0.390 e. The molecule has 0 bridgehead atoms. The second kappa shape index (κ2) is 9.06. The van der Waals surface area contributed by atoms with E-state index in [0.29, 0.717) is 24.8 Å². The minimum atomic E-state index is -1.54. The van der Waals surface area contributed by atoms with Crippen molar-refractivity contribution in [1.82, 2.24) is 5.32 Å². The van der Waals surface area contributed by atoms with Gasteiger partial charge in [-0.2, -0.15) is 0 Å². The van der Waals surface area contributed by atoms with Crippen LogP contribution in [0.3, 0.4) is 0 Å². The Morgan fingerprint density at radius 3 is 2.50 bits per heavy atom. The number of hydrogen-bond acceptors (Lipinski definition) is 5. The zero-order valence-corrected chi connectivity index (χ0v) is 20.3. The Kier molecular flexibility index (Phi) is 6.62. The van der Waals surface area contributed by atoms with Gasteiger partial charge in [0.25, 0.3) is 0 Å². The second-order valence-corrected chi connectivity index (χ2v) is 11.0. The van der Waals surface area contributed by atoms with Gasteiger partial charge in [-0.05, 0) is 49.2 Å². The molecule has 4 N–H and O–H groups in total. The molecule has 0 radical (unpaired) electrons. The molecule has 1 aliphatic heterocycles. The number of benzene rings is 1. The highest BCUT2D eigenvalue weighted by molar-refractivity contribution is 6.09. The highest BCUT2D eigenvalue weighted by Crippen LogP contribution is 2.57. The summed E-state index contributed by atoms with van der Waals surface area (Å²) in [5.74, 6) is -2.30. The summed E-state index contributed by atoms with van der Waals surface area (Å²) in [5.41, 5.74) is -1.34. The smallest absolute Gasteiger partial charge is 0.235 e. The van der Waals surface area contributed by atoms with Crippen molar-refractivity contribution in [3.05, 3.63) is 60.2 Å². The number of carbonyl (C=O) groups excluding carboxylic acids is 2. The molecule has 1 saturated carbocycles. The fourth-order valence-corrected chi connectivity index (χ4v) is 6.69. The lowest BCUT2D eigenvalue weighted by molar-refractivity contribution is -0.156. The van der Waals surface area contributed by atoms with Gasteiger partial charge in [-0.3, -0.25) is 9.59 Å². The SMILES string of the molecule is C=C1[C@@H](C)[C@H]2[C@H](Cc3ccccc3)NC(=O)[C@@]23C(=O)C[C@H](O)[C@](C)(O)CC(C)C/C=C/[C@H]3[C@H]1O. The molecule has 2 aliphatic carbocycles. The van der Waals surface area contributed by atoms with Crippen LogP contribution in [0.25, 0.3) is 0 Å². The van der Waals surface area contributed by atoms with Gasteiger partial charge in [0.2, 0.25) is 5.91 Å². The van der Waals surface area contributed by atoms with Crippen molar-refractivity contribution in [2.24, 2.45) is 29.1 Å². The van der Waals surface area contributed by atoms with Gasteiger partial charge in [0.05, 0.1) is 17.8 Å². The Morgan fingerprint density at radius 1 is 1.15 bits per heavy atom. The lowest BCUT2D eigenvalue weighted by Gasteiger charge is -2.49. The molecule has 1 unspecified atom stereocenters. The average molecular weight is 468 g/mol. The summed E-state index contributed by atoms with van der Waals surface area (Å²) in [7, 11) is 0. The average Bonchev–Trinajstić information content (AvgIpc) is 3.06. The number of amides is 1. The fourth-order valence-electron chi connectivity index (χ4n) is 6.69. The van der Waals surface area contributed by atoms with E-state index in [0.717, 1.165) is 5.56 Å². The van der Waals surface area contributed by atoms with Gasteiger partial charge >= 0.3 is 0 Å². The first-order valence-corrected chi connectivity index (χ1v) is 12.3. The Hall–Kier alpha value is -2.28. The summed E-state index contributed by atoms with van der Waals surface area (Å²) < 4.78 is 0. The minimum absolute atomic E-state index is 0.0481. The van der Waals surface area contributed by atoms with E-state index in [1.165, 1.54) is 0 Å². The van der Waals surface area contributed by atoms with Crippen LogP contribution >= 0.6 is 0 Å². The van der Waals surface area contributed by atoms with Crippen molar-refractivity contribution in [2.75, 3.05) is 0 Å². The molecule has 4 rings (SSSR count). The second-order valence-electron chi connectivity index (χ2n) is 11.0. The number of allylic oxidation sites excluding steroid dienone is 1. The standard InChI is InChI=1S/C28H37NO5/c1-16-9-8-12-20-25(32)18(3)17(2)24-21(13-19-10-6-5-7-11-19)29-26(33)28(20,24)23(31)14-22(30)27(4,34)15-16/h5-8,10-12,16-17,20-22,24-25,30,32,34H,3,9,13-15H2,1-2,4H3,(H,29,33)/b12-8+/t16?,17-,20+,21+,22+,24+,25+,27-,28+/m1/s1. The Bertz CT molecular complexity index is 986. The van der Waals surface area contributed by atoms with Crippen molar-refractivity contribution >= 4 is 11.7 Å². The molecule has 0 aromatic heterocycles. The van der Waals surface area contributed by atoms with E-state index in [2.05, 4.69) is 11.9 Å². The van der Waals surface area contributed by atoms with Crippen molar-refractivity contribution in [1.29, 1.82) is 0 Å². The van der Waals surface area contributed by atoms with Gasteiger partial charge in [0, 0.05) is 24.3 Å². The summed E-state index contributed by atoms with van der Waals surface area (Å²) in [6.45, 7) is 9.60. The normalized spacial score (nSPS) is 43.9. The molecule has 1 saturated heterocycles.